The van der Waals surface area contributed by atoms with Crippen LogP contribution in [0.4, 0.5) is 5.82 Å². The van der Waals surface area contributed by atoms with Crippen LogP contribution in [0.25, 0.3) is 10.2 Å². The van der Waals surface area contributed by atoms with Crippen LogP contribution in [-0.4, -0.2) is 44.5 Å². The Morgan fingerprint density at radius 1 is 1.20 bits per heavy atom. The van der Waals surface area contributed by atoms with Gasteiger partial charge in [-0.05, 0) is 43.7 Å². The van der Waals surface area contributed by atoms with E-state index in [2.05, 4.69) is 15.3 Å². The number of fused-ring (bicyclic) bond motifs is 5. The number of nitrogens with one attached hydrogen (secondary N) is 1. The molecule has 0 radical (unpaired) electrons. The van der Waals surface area contributed by atoms with Gasteiger partial charge >= 0.3 is 0 Å². The fourth-order valence-corrected chi connectivity index (χ4v) is 6.13. The van der Waals surface area contributed by atoms with Crippen LogP contribution in [0.2, 0.25) is 0 Å². The molecule has 5 heterocycles. The fourth-order valence-electron chi connectivity index (χ4n) is 5.01. The average molecular weight is 422 g/mol. The first-order valence-electron chi connectivity index (χ1n) is 10.6. The van der Waals surface area contributed by atoms with Gasteiger partial charge in [0.1, 0.15) is 17.0 Å². The van der Waals surface area contributed by atoms with Crippen molar-refractivity contribution in [3.63, 3.8) is 0 Å². The molecule has 2 atom stereocenters. The highest BCUT2D eigenvalue weighted by atomic mass is 32.1. The Hall–Kier alpha value is -2.74. The minimum atomic E-state index is 0.0663. The summed E-state index contributed by atoms with van der Waals surface area (Å²) < 4.78 is 1.90. The molecule has 154 valence electrons. The van der Waals surface area contributed by atoms with Gasteiger partial charge in [0.15, 0.2) is 0 Å². The van der Waals surface area contributed by atoms with Crippen molar-refractivity contribution in [3.05, 3.63) is 51.0 Å². The smallest absolute Gasteiger partial charge is 0.264 e. The summed E-state index contributed by atoms with van der Waals surface area (Å²) in [6.07, 6.45) is 4.96. The monoisotopic (exact) mass is 421 g/mol. The van der Waals surface area contributed by atoms with Crippen molar-refractivity contribution in [2.75, 3.05) is 18.4 Å². The lowest BCUT2D eigenvalue weighted by Crippen LogP contribution is -2.49. The lowest BCUT2D eigenvalue weighted by atomic mass is 9.83. The number of piperidine rings is 1. The summed E-state index contributed by atoms with van der Waals surface area (Å²) in [6, 6.07) is 5.99. The number of hydrogen-bond donors (Lipinski definition) is 1. The maximum atomic E-state index is 13.5. The van der Waals surface area contributed by atoms with Crippen LogP contribution < -0.4 is 10.9 Å². The molecular formula is C22H23N5O2S. The zero-order chi connectivity index (χ0) is 20.4. The molecule has 30 heavy (non-hydrogen) atoms. The van der Waals surface area contributed by atoms with E-state index in [9.17, 15) is 9.59 Å². The number of carbonyl (C=O) groups excluding carboxylic acids is 1. The topological polar surface area (TPSA) is 80.1 Å². The molecule has 3 aliphatic rings. The van der Waals surface area contributed by atoms with Gasteiger partial charge < -0.3 is 14.8 Å². The second kappa shape index (κ2) is 6.63. The van der Waals surface area contributed by atoms with E-state index in [4.69, 9.17) is 0 Å². The molecule has 0 aromatic carbocycles. The average Bonchev–Trinajstić information content (AvgIpc) is 3.49. The number of aryl methyl sites for hydroxylation is 1. The van der Waals surface area contributed by atoms with Crippen molar-refractivity contribution < 1.29 is 4.79 Å². The Labute approximate surface area is 177 Å². The number of pyridine rings is 1. The third-order valence-corrected chi connectivity index (χ3v) is 7.79. The van der Waals surface area contributed by atoms with Crippen LogP contribution in [0.5, 0.6) is 0 Å². The lowest BCUT2D eigenvalue weighted by Gasteiger charge is -2.42. The standard InChI is InChI=1S/C22H23N5O2S/c1-12-18-20(25-15-5-6-15)23-11-24-21(18)30-19(12)22(29)26-8-13-7-14(10-26)16-3-2-4-17(28)27(16)9-13/h2-4,11,13-15H,5-10H2,1H3,(H,23,24,25)/t13-,14-/m1/s1. The summed E-state index contributed by atoms with van der Waals surface area (Å²) in [4.78, 5) is 38.3. The zero-order valence-electron chi connectivity index (χ0n) is 16.8. The number of nitrogens with zero attached hydrogens (tertiary/aromatic N) is 4. The number of thiophene rings is 1. The molecule has 2 bridgehead atoms. The van der Waals surface area contributed by atoms with E-state index in [1.165, 1.54) is 24.2 Å². The Morgan fingerprint density at radius 3 is 2.90 bits per heavy atom. The first-order valence-corrected chi connectivity index (χ1v) is 11.4. The molecule has 6 rings (SSSR count). The van der Waals surface area contributed by atoms with E-state index < -0.39 is 0 Å². The quantitative estimate of drug-likeness (QED) is 0.703. The predicted octanol–water partition coefficient (Wildman–Crippen LogP) is 3.00. The minimum Gasteiger partial charge on any atom is -0.367 e. The highest BCUT2D eigenvalue weighted by Gasteiger charge is 2.37. The Bertz CT molecular complexity index is 1230. The van der Waals surface area contributed by atoms with Gasteiger partial charge in [-0.2, -0.15) is 0 Å². The van der Waals surface area contributed by atoms with Gasteiger partial charge in [0.2, 0.25) is 0 Å². The fraction of sp³-hybridized carbons (Fsp3) is 0.455. The second-order valence-electron chi connectivity index (χ2n) is 8.79. The Kier molecular flexibility index (Phi) is 3.99. The number of likely N-dealkylation sites (tertiary alicyclic amines) is 1. The van der Waals surface area contributed by atoms with Gasteiger partial charge in [0.05, 0.1) is 10.3 Å². The maximum absolute atomic E-state index is 13.5. The third kappa shape index (κ3) is 2.85. The number of anilines is 1. The van der Waals surface area contributed by atoms with Crippen LogP contribution in [0, 0.1) is 12.8 Å². The Morgan fingerprint density at radius 2 is 2.07 bits per heavy atom. The molecule has 0 unspecified atom stereocenters. The lowest BCUT2D eigenvalue weighted by molar-refractivity contribution is 0.0599. The van der Waals surface area contributed by atoms with Crippen molar-refractivity contribution in [1.82, 2.24) is 19.4 Å². The highest BCUT2D eigenvalue weighted by molar-refractivity contribution is 7.20. The number of hydrogen-bond acceptors (Lipinski definition) is 6. The van der Waals surface area contributed by atoms with E-state index in [1.54, 1.807) is 12.4 Å². The van der Waals surface area contributed by atoms with E-state index in [0.717, 1.165) is 38.6 Å². The van der Waals surface area contributed by atoms with Crippen LogP contribution in [0.15, 0.2) is 29.3 Å². The van der Waals surface area contributed by atoms with E-state index in [0.29, 0.717) is 31.6 Å². The zero-order valence-corrected chi connectivity index (χ0v) is 17.6. The van der Waals surface area contributed by atoms with E-state index >= 15 is 0 Å². The molecule has 8 heteroatoms. The molecule has 1 aliphatic carbocycles. The summed E-state index contributed by atoms with van der Waals surface area (Å²) in [5.74, 6) is 1.47. The number of aromatic nitrogens is 3. The first-order chi connectivity index (χ1) is 14.6. The minimum absolute atomic E-state index is 0.0663. The largest absolute Gasteiger partial charge is 0.367 e. The van der Waals surface area contributed by atoms with Crippen molar-refractivity contribution in [3.8, 4) is 0 Å². The van der Waals surface area contributed by atoms with Crippen molar-refractivity contribution in [1.29, 1.82) is 0 Å². The third-order valence-electron chi connectivity index (χ3n) is 6.61. The van der Waals surface area contributed by atoms with Crippen LogP contribution in [0.1, 0.15) is 46.1 Å². The molecule has 1 saturated heterocycles. The van der Waals surface area contributed by atoms with Gasteiger partial charge in [-0.3, -0.25) is 9.59 Å². The molecule has 0 spiro atoms. The van der Waals surface area contributed by atoms with Gasteiger partial charge in [-0.15, -0.1) is 11.3 Å². The summed E-state index contributed by atoms with van der Waals surface area (Å²) in [5, 5.41) is 4.46. The van der Waals surface area contributed by atoms with E-state index in [-0.39, 0.29) is 17.4 Å². The second-order valence-corrected chi connectivity index (χ2v) is 9.78. The molecule has 2 aliphatic heterocycles. The predicted molar refractivity (Wildman–Crippen MR) is 116 cm³/mol. The number of carbonyl (C=O) groups is 1. The Balaban J connectivity index is 1.33. The maximum Gasteiger partial charge on any atom is 0.264 e. The summed E-state index contributed by atoms with van der Waals surface area (Å²) in [7, 11) is 0. The molecule has 2 fully saturated rings. The van der Waals surface area contributed by atoms with Crippen LogP contribution in [0.3, 0.4) is 0 Å². The van der Waals surface area contributed by atoms with Crippen molar-refractivity contribution >= 4 is 33.3 Å². The van der Waals surface area contributed by atoms with Gasteiger partial charge in [0, 0.05) is 43.4 Å². The summed E-state index contributed by atoms with van der Waals surface area (Å²) in [5.41, 5.74) is 2.10. The summed E-state index contributed by atoms with van der Waals surface area (Å²) in [6.45, 7) is 4.06. The summed E-state index contributed by atoms with van der Waals surface area (Å²) >= 11 is 1.47. The SMILES string of the molecule is Cc1c(C(=O)N2C[C@H]3C[C@H](C2)c2cccc(=O)n2C3)sc2ncnc(NC3CC3)c12. The van der Waals surface area contributed by atoms with Gasteiger partial charge in [0.25, 0.3) is 11.5 Å². The van der Waals surface area contributed by atoms with E-state index in [1.807, 2.05) is 28.5 Å². The number of amides is 1. The molecule has 1 saturated carbocycles. The normalized spacial score (nSPS) is 22.8. The molecule has 3 aromatic rings. The molecule has 1 amide bonds. The number of rotatable bonds is 3. The molecule has 3 aromatic heterocycles. The van der Waals surface area contributed by atoms with Gasteiger partial charge in [-0.1, -0.05) is 6.07 Å². The highest BCUT2D eigenvalue weighted by Crippen LogP contribution is 2.39. The first kappa shape index (κ1) is 18.1. The van der Waals surface area contributed by atoms with Crippen molar-refractivity contribution in [2.24, 2.45) is 5.92 Å². The molecule has 1 N–H and O–H groups in total. The van der Waals surface area contributed by atoms with Crippen LogP contribution >= 0.6 is 11.3 Å². The molecular weight excluding hydrogens is 398 g/mol. The van der Waals surface area contributed by atoms with Gasteiger partial charge in [-0.25, -0.2) is 9.97 Å². The molecule has 7 nitrogen and oxygen atoms in total. The van der Waals surface area contributed by atoms with Crippen molar-refractivity contribution in [2.45, 2.75) is 44.7 Å². The van der Waals surface area contributed by atoms with Crippen LogP contribution in [-0.2, 0) is 6.54 Å².